The van der Waals surface area contributed by atoms with Gasteiger partial charge < -0.3 is 5.73 Å². The highest BCUT2D eigenvalue weighted by atomic mass is 127. The second-order valence-corrected chi connectivity index (χ2v) is 5.90. The van der Waals surface area contributed by atoms with Gasteiger partial charge in [-0.25, -0.2) is 9.97 Å². The van der Waals surface area contributed by atoms with E-state index in [1.807, 2.05) is 0 Å². The Balaban J connectivity index is 2.69. The third kappa shape index (κ3) is 2.73. The molecule has 0 spiro atoms. The Bertz CT molecular complexity index is 613. The van der Waals surface area contributed by atoms with Crippen molar-refractivity contribution in [2.45, 2.75) is 34.1 Å². The van der Waals surface area contributed by atoms with Crippen molar-refractivity contribution in [3.05, 3.63) is 38.1 Å². The van der Waals surface area contributed by atoms with Gasteiger partial charge in [0.2, 0.25) is 0 Å². The van der Waals surface area contributed by atoms with E-state index in [0.717, 1.165) is 27.1 Å². The van der Waals surface area contributed by atoms with Crippen molar-refractivity contribution in [2.75, 3.05) is 5.73 Å². The summed E-state index contributed by atoms with van der Waals surface area (Å²) in [4.78, 5) is 9.14. The van der Waals surface area contributed by atoms with Gasteiger partial charge in [-0.3, -0.25) is 0 Å². The molecule has 0 saturated carbocycles. The fraction of sp³-hybridized carbons (Fsp3) is 0.333. The molecule has 0 aliphatic carbocycles. The molecule has 1 aromatic heterocycles. The minimum absolute atomic E-state index is 0.571. The molecule has 2 aromatic rings. The lowest BCUT2D eigenvalue weighted by Crippen LogP contribution is -2.05. The van der Waals surface area contributed by atoms with Crippen LogP contribution in [0.3, 0.4) is 0 Å². The lowest BCUT2D eigenvalue weighted by Gasteiger charge is -2.13. The van der Waals surface area contributed by atoms with Crippen molar-refractivity contribution in [2.24, 2.45) is 0 Å². The zero-order valence-corrected chi connectivity index (χ0v) is 13.9. The van der Waals surface area contributed by atoms with Crippen LogP contribution in [-0.4, -0.2) is 9.97 Å². The highest BCUT2D eigenvalue weighted by Gasteiger charge is 2.14. The number of rotatable bonds is 2. The molecule has 0 aliphatic heterocycles. The Labute approximate surface area is 127 Å². The molecule has 0 fully saturated rings. The predicted molar refractivity (Wildman–Crippen MR) is 88.2 cm³/mol. The number of hydrogen-bond acceptors (Lipinski definition) is 3. The maximum absolute atomic E-state index is 6.01. The SMILES string of the molecule is CCc1nc(-c2c(C)cc(C)cc2C)nc(N)c1I. The van der Waals surface area contributed by atoms with Crippen LogP contribution in [0.25, 0.3) is 11.4 Å². The number of aryl methyl sites for hydroxylation is 4. The van der Waals surface area contributed by atoms with Gasteiger partial charge in [-0.15, -0.1) is 0 Å². The van der Waals surface area contributed by atoms with Crippen molar-refractivity contribution < 1.29 is 0 Å². The topological polar surface area (TPSA) is 51.8 Å². The molecule has 0 unspecified atom stereocenters. The van der Waals surface area contributed by atoms with Gasteiger partial charge in [-0.05, 0) is 60.9 Å². The first-order valence-corrected chi connectivity index (χ1v) is 7.42. The zero-order chi connectivity index (χ0) is 14.2. The maximum Gasteiger partial charge on any atom is 0.162 e. The summed E-state index contributed by atoms with van der Waals surface area (Å²) >= 11 is 2.21. The fourth-order valence-corrected chi connectivity index (χ4v) is 3.01. The van der Waals surface area contributed by atoms with E-state index in [1.54, 1.807) is 0 Å². The monoisotopic (exact) mass is 367 g/mol. The van der Waals surface area contributed by atoms with Crippen molar-refractivity contribution >= 4 is 28.4 Å². The first-order valence-electron chi connectivity index (χ1n) is 6.34. The quantitative estimate of drug-likeness (QED) is 0.822. The van der Waals surface area contributed by atoms with Gasteiger partial charge in [0.1, 0.15) is 5.82 Å². The van der Waals surface area contributed by atoms with E-state index >= 15 is 0 Å². The van der Waals surface area contributed by atoms with Crippen LogP contribution < -0.4 is 5.73 Å². The molecule has 0 aliphatic rings. The Kier molecular flexibility index (Phi) is 4.08. The van der Waals surface area contributed by atoms with Gasteiger partial charge in [-0.1, -0.05) is 24.6 Å². The van der Waals surface area contributed by atoms with E-state index < -0.39 is 0 Å². The van der Waals surface area contributed by atoms with Crippen LogP contribution in [0.4, 0.5) is 5.82 Å². The first kappa shape index (κ1) is 14.2. The Morgan fingerprint density at radius 3 is 2.21 bits per heavy atom. The lowest BCUT2D eigenvalue weighted by molar-refractivity contribution is 0.991. The first-order chi connectivity index (χ1) is 8.93. The summed E-state index contributed by atoms with van der Waals surface area (Å²) in [6.45, 7) is 8.38. The summed E-state index contributed by atoms with van der Waals surface area (Å²) in [5.74, 6) is 1.31. The molecular formula is C15H18IN3. The number of aromatic nitrogens is 2. The van der Waals surface area contributed by atoms with Crippen molar-refractivity contribution in [1.82, 2.24) is 9.97 Å². The summed E-state index contributed by atoms with van der Waals surface area (Å²) in [5, 5.41) is 0. The lowest BCUT2D eigenvalue weighted by atomic mass is 9.99. The molecule has 2 N–H and O–H groups in total. The molecule has 0 bridgehead atoms. The molecule has 100 valence electrons. The Hall–Kier alpha value is -1.17. The predicted octanol–water partition coefficient (Wildman–Crippen LogP) is 3.82. The molecule has 0 saturated heterocycles. The summed E-state index contributed by atoms with van der Waals surface area (Å²) < 4.78 is 0.964. The van der Waals surface area contributed by atoms with Gasteiger partial charge in [0, 0.05) is 5.56 Å². The van der Waals surface area contributed by atoms with Crippen LogP contribution in [0.5, 0.6) is 0 Å². The van der Waals surface area contributed by atoms with Gasteiger partial charge in [0.15, 0.2) is 5.82 Å². The van der Waals surface area contributed by atoms with Crippen LogP contribution in [0, 0.1) is 24.3 Å². The number of hydrogen-bond donors (Lipinski definition) is 1. The third-order valence-corrected chi connectivity index (χ3v) is 4.36. The zero-order valence-electron chi connectivity index (χ0n) is 11.7. The number of nitrogens with two attached hydrogens (primary N) is 1. The largest absolute Gasteiger partial charge is 0.383 e. The third-order valence-electron chi connectivity index (χ3n) is 3.18. The van der Waals surface area contributed by atoms with Crippen LogP contribution in [0.2, 0.25) is 0 Å². The van der Waals surface area contributed by atoms with Crippen LogP contribution in [-0.2, 0) is 6.42 Å². The van der Waals surface area contributed by atoms with E-state index in [9.17, 15) is 0 Å². The maximum atomic E-state index is 6.01. The van der Waals surface area contributed by atoms with Crippen molar-refractivity contribution in [3.8, 4) is 11.4 Å². The molecule has 0 amide bonds. The van der Waals surface area contributed by atoms with Crippen LogP contribution in [0.1, 0.15) is 29.3 Å². The fourth-order valence-electron chi connectivity index (χ4n) is 2.39. The molecule has 3 nitrogen and oxygen atoms in total. The summed E-state index contributed by atoms with van der Waals surface area (Å²) in [7, 11) is 0. The Morgan fingerprint density at radius 2 is 1.68 bits per heavy atom. The summed E-state index contributed by atoms with van der Waals surface area (Å²) in [6.07, 6.45) is 0.863. The van der Waals surface area contributed by atoms with Crippen LogP contribution in [0.15, 0.2) is 12.1 Å². The minimum atomic E-state index is 0.571. The number of anilines is 1. The molecule has 1 heterocycles. The van der Waals surface area contributed by atoms with Crippen LogP contribution >= 0.6 is 22.6 Å². The average molecular weight is 367 g/mol. The van der Waals surface area contributed by atoms with E-state index in [-0.39, 0.29) is 0 Å². The molecule has 0 atom stereocenters. The molecule has 4 heteroatoms. The molecule has 1 aromatic carbocycles. The molecule has 19 heavy (non-hydrogen) atoms. The van der Waals surface area contributed by atoms with Crippen molar-refractivity contribution in [3.63, 3.8) is 0 Å². The van der Waals surface area contributed by atoms with Gasteiger partial charge in [-0.2, -0.15) is 0 Å². The highest BCUT2D eigenvalue weighted by Crippen LogP contribution is 2.28. The average Bonchev–Trinajstić information content (AvgIpc) is 2.32. The highest BCUT2D eigenvalue weighted by molar-refractivity contribution is 14.1. The van der Waals surface area contributed by atoms with E-state index in [4.69, 9.17) is 5.73 Å². The smallest absolute Gasteiger partial charge is 0.162 e. The van der Waals surface area contributed by atoms with Gasteiger partial charge >= 0.3 is 0 Å². The van der Waals surface area contributed by atoms with Gasteiger partial charge in [0.05, 0.1) is 9.26 Å². The number of halogens is 1. The Morgan fingerprint density at radius 1 is 1.11 bits per heavy atom. The van der Waals surface area contributed by atoms with Crippen molar-refractivity contribution in [1.29, 1.82) is 0 Å². The minimum Gasteiger partial charge on any atom is -0.383 e. The molecule has 0 radical (unpaired) electrons. The second-order valence-electron chi connectivity index (χ2n) is 4.82. The van der Waals surface area contributed by atoms with Gasteiger partial charge in [0.25, 0.3) is 0 Å². The normalized spacial score (nSPS) is 10.8. The standard InChI is InChI=1S/C15H18IN3/c1-5-11-13(16)14(17)19-15(18-11)12-9(3)6-8(2)7-10(12)4/h6-7H,5H2,1-4H3,(H2,17,18,19). The summed E-state index contributed by atoms with van der Waals surface area (Å²) in [6, 6.07) is 4.32. The number of benzene rings is 1. The second kappa shape index (κ2) is 5.45. The number of nitrogens with zero attached hydrogens (tertiary/aromatic N) is 2. The molecular weight excluding hydrogens is 349 g/mol. The summed E-state index contributed by atoms with van der Waals surface area (Å²) in [5.41, 5.74) is 11.8. The van der Waals surface area contributed by atoms with E-state index in [0.29, 0.717) is 5.82 Å². The van der Waals surface area contributed by atoms with E-state index in [1.165, 1.54) is 16.7 Å². The number of nitrogen functional groups attached to an aromatic ring is 1. The van der Waals surface area contributed by atoms with E-state index in [2.05, 4.69) is 72.4 Å². The molecule has 2 rings (SSSR count).